The predicted octanol–water partition coefficient (Wildman–Crippen LogP) is 12.8. The fourth-order valence-electron chi connectivity index (χ4n) is 8.40. The number of ketones is 1. The van der Waals surface area contributed by atoms with Crippen LogP contribution in [0.25, 0.3) is 0 Å². The van der Waals surface area contributed by atoms with Gasteiger partial charge in [-0.15, -0.1) is 9.81 Å². The van der Waals surface area contributed by atoms with Crippen molar-refractivity contribution in [3.05, 3.63) is 207 Å². The van der Waals surface area contributed by atoms with E-state index in [-0.39, 0.29) is 40.4 Å². The van der Waals surface area contributed by atoms with Crippen molar-refractivity contribution in [1.82, 2.24) is 5.32 Å². The van der Waals surface area contributed by atoms with Gasteiger partial charge in [-0.25, -0.2) is 0 Å². The van der Waals surface area contributed by atoms with Crippen molar-refractivity contribution >= 4 is 81.9 Å². The number of nitrogens with one attached hydrogen (secondary N) is 1. The van der Waals surface area contributed by atoms with Crippen LogP contribution in [0.5, 0.6) is 0 Å². The van der Waals surface area contributed by atoms with E-state index in [0.29, 0.717) is 6.54 Å². The molecule has 0 aliphatic heterocycles. The molecule has 0 heterocycles. The molecule has 0 aliphatic carbocycles. The van der Waals surface area contributed by atoms with Crippen molar-refractivity contribution in [2.75, 3.05) is 24.6 Å². The fraction of sp³-hybridized carbons (Fsp3) is 0.286. The Bertz CT molecular complexity index is 2100. The minimum atomic E-state index is -1.85. The van der Waals surface area contributed by atoms with E-state index in [1.807, 2.05) is 0 Å². The second-order valence-corrected chi connectivity index (χ2v) is 25.7. The third kappa shape index (κ3) is 16.2. The molecule has 0 aromatic heterocycles. The monoisotopic (exact) mass is 975 g/mol. The highest BCUT2D eigenvalue weighted by Crippen LogP contribution is 2.57. The maximum Gasteiger partial charge on any atom is 0.225 e. The van der Waals surface area contributed by atoms with Crippen LogP contribution in [0.15, 0.2) is 191 Å². The molecule has 1 atom stereocenters. The van der Waals surface area contributed by atoms with Gasteiger partial charge in [-0.2, -0.15) is 0 Å². The van der Waals surface area contributed by atoms with Crippen molar-refractivity contribution in [3.63, 3.8) is 0 Å². The first-order chi connectivity index (χ1) is 31.2. The van der Waals surface area contributed by atoms with E-state index in [0.717, 1.165) is 74.1 Å². The molecule has 67 heavy (non-hydrogen) atoms. The Kier molecular flexibility index (Phi) is 26.6. The summed E-state index contributed by atoms with van der Waals surface area (Å²) in [6.07, 6.45) is 7.16. The molecule has 0 saturated heterocycles. The Hall–Kier alpha value is -4.78. The van der Waals surface area contributed by atoms with Gasteiger partial charge in [0, 0.05) is 56.5 Å². The number of benzene rings is 6. The number of carbonyl (C=O) groups is 2. The van der Waals surface area contributed by atoms with Crippen LogP contribution >= 0.6 is 38.4 Å². The van der Waals surface area contributed by atoms with Crippen LogP contribution in [0, 0.1) is 30.6 Å². The molecule has 6 aromatic carbocycles. The van der Waals surface area contributed by atoms with Gasteiger partial charge in [0.2, 0.25) is 5.91 Å². The van der Waals surface area contributed by atoms with Gasteiger partial charge in [0.25, 0.3) is 0 Å². The van der Waals surface area contributed by atoms with E-state index in [9.17, 15) is 19.4 Å². The Balaban J connectivity index is 0.000000467. The largest absolute Gasteiger partial charge is 0.358 e. The lowest BCUT2D eigenvalue weighted by molar-refractivity contribution is -0.129. The number of amides is 1. The smallest absolute Gasteiger partial charge is 0.225 e. The lowest BCUT2D eigenvalue weighted by atomic mass is 9.89. The normalized spacial score (nSPS) is 11.4. The molecule has 6 rings (SSSR count). The molecule has 0 aliphatic rings. The third-order valence-electron chi connectivity index (χ3n) is 11.6. The van der Waals surface area contributed by atoms with Gasteiger partial charge in [0.1, 0.15) is 52.1 Å². The van der Waals surface area contributed by atoms with Crippen molar-refractivity contribution in [1.29, 1.82) is 0 Å². The Morgan fingerprint density at radius 1 is 0.522 bits per heavy atom. The Morgan fingerprint density at radius 3 is 1.15 bits per heavy atom. The maximum absolute atomic E-state index is 12.9. The molecular formula is C56H71N3O4P2S2. The third-order valence-corrected chi connectivity index (χ3v) is 22.1. The Labute approximate surface area is 412 Å². The molecule has 1 amide bonds. The lowest BCUT2D eigenvalue weighted by Crippen LogP contribution is -2.42. The number of hydrogen-bond donors (Lipinski definition) is 1. The van der Waals surface area contributed by atoms with E-state index in [2.05, 4.69) is 196 Å². The van der Waals surface area contributed by atoms with Crippen LogP contribution in [-0.2, 0) is 9.59 Å². The van der Waals surface area contributed by atoms with E-state index >= 15 is 0 Å². The first-order valence-corrected chi connectivity index (χ1v) is 27.7. The van der Waals surface area contributed by atoms with E-state index in [1.54, 1.807) is 13.8 Å². The van der Waals surface area contributed by atoms with Gasteiger partial charge in [0.05, 0.1) is 18.2 Å². The number of carbonyl (C=O) groups excluding carboxylic acids is 2. The zero-order valence-corrected chi connectivity index (χ0v) is 42.6. The summed E-state index contributed by atoms with van der Waals surface area (Å²) < 4.78 is 5.09. The molecule has 11 heteroatoms. The van der Waals surface area contributed by atoms with Crippen molar-refractivity contribution in [3.8, 4) is 0 Å². The minimum absolute atomic E-state index is 0. The number of Topliss-reactive ketones (excluding diaryl/α,β-unsaturated/α-hetero) is 1. The maximum atomic E-state index is 12.9. The molecule has 0 bridgehead atoms. The summed E-state index contributed by atoms with van der Waals surface area (Å²) in [5.41, 5.74) is 0. The molecule has 0 radical (unpaired) electrons. The first kappa shape index (κ1) is 58.3. The minimum Gasteiger partial charge on any atom is -0.358 e. The number of hydrogen-bond acceptors (Lipinski definition) is 8. The quantitative estimate of drug-likeness (QED) is 0.0213. The van der Waals surface area contributed by atoms with Crippen molar-refractivity contribution in [2.24, 2.45) is 15.1 Å². The molecule has 6 aromatic rings. The highest BCUT2D eigenvalue weighted by molar-refractivity contribution is 7.99. The van der Waals surface area contributed by atoms with E-state index < -0.39 is 25.2 Å². The summed E-state index contributed by atoms with van der Waals surface area (Å²) in [6, 6.07) is 65.3. The van der Waals surface area contributed by atoms with Crippen LogP contribution in [0.4, 0.5) is 0 Å². The van der Waals surface area contributed by atoms with Gasteiger partial charge in [-0.05, 0) is 126 Å². The second kappa shape index (κ2) is 30.6. The van der Waals surface area contributed by atoms with Crippen LogP contribution in [0.2, 0.25) is 0 Å². The van der Waals surface area contributed by atoms with Crippen molar-refractivity contribution < 1.29 is 9.59 Å². The number of rotatable bonds is 24. The highest BCUT2D eigenvalue weighted by Gasteiger charge is 2.46. The van der Waals surface area contributed by atoms with E-state index in [4.69, 9.17) is 0 Å². The first-order valence-electron chi connectivity index (χ1n) is 22.0. The molecule has 1 unspecified atom stereocenters. The van der Waals surface area contributed by atoms with Crippen LogP contribution in [-0.4, -0.2) is 41.1 Å². The zero-order chi connectivity index (χ0) is 45.5. The molecule has 0 spiro atoms. The highest BCUT2D eigenvalue weighted by atomic mass is 32.2. The average Bonchev–Trinajstić information content (AvgIpc) is 3.33. The van der Waals surface area contributed by atoms with Gasteiger partial charge in [-0.1, -0.05) is 117 Å². The second-order valence-electron chi connectivity index (χ2n) is 16.3. The summed E-state index contributed by atoms with van der Waals surface area (Å²) in [6.45, 7) is 5.57. The lowest BCUT2D eigenvalue weighted by Gasteiger charge is -2.29. The zero-order valence-electron chi connectivity index (χ0n) is 39.2. The molecular weight excluding hydrogens is 905 g/mol. The number of unbranched alkanes of at least 4 members (excludes halogenated alkanes) is 3. The summed E-state index contributed by atoms with van der Waals surface area (Å²) >= 11 is 1.94. The van der Waals surface area contributed by atoms with Gasteiger partial charge < -0.3 is 25.0 Å². The van der Waals surface area contributed by atoms with Gasteiger partial charge >= 0.3 is 0 Å². The summed E-state index contributed by atoms with van der Waals surface area (Å²) in [7, 11) is -3.57. The summed E-state index contributed by atoms with van der Waals surface area (Å²) in [4.78, 5) is 45.9. The number of nitrogens with zero attached hydrogens (tertiary/aromatic N) is 2. The average molecular weight is 976 g/mol. The molecule has 7 nitrogen and oxygen atoms in total. The molecule has 0 fully saturated rings. The van der Waals surface area contributed by atoms with E-state index in [1.165, 1.54) is 38.8 Å². The molecule has 356 valence electrons. The van der Waals surface area contributed by atoms with Crippen LogP contribution in [0.3, 0.4) is 0 Å². The predicted molar refractivity (Wildman–Crippen MR) is 300 cm³/mol. The Morgan fingerprint density at radius 2 is 0.851 bits per heavy atom. The summed E-state index contributed by atoms with van der Waals surface area (Å²) in [5.74, 6) is -0.0775. The topological polar surface area (TPSA) is 105 Å². The SMILES string of the molecule is C.CC(=O)CC(C(=O)NCCCCC[P+](c1ccccc1)(c1ccccc1)c1ccccc1)C(C)(C)SN=O.O=NSCCCC[P+](c1ccccc1)(c1ccccc1)c1ccccc1.[CH3-].[CH3-]. The fourth-order valence-corrected chi connectivity index (χ4v) is 18.1. The standard InChI is InChI=1S/C31H37N2O3PS.C22H23NOPS.CH4.2CH3/c1-25(34)24-29(31(2,3)38-33-36)30(35)32-22-14-7-15-23-37(26-16-8-4-9-17-26,27-18-10-5-11-19-27)28-20-12-6-13-21-28;24-23-26-19-11-10-18-25(20-12-4-1-5-13-20,21-14-6-2-7-15-21)22-16-8-3-9-17-22;;;/h4-6,8-13,16-21,29H,7,14-15,22-24H2,1-3H3;1-9,12-17H,10-11,18-19H2;1H4;2*1H3/q;+1;;2*-1/p+1. The molecule has 0 saturated carbocycles. The summed E-state index contributed by atoms with van der Waals surface area (Å²) in [5, 5.41) is 11.4. The van der Waals surface area contributed by atoms with Crippen LogP contribution in [0.1, 0.15) is 66.7 Å². The van der Waals surface area contributed by atoms with Gasteiger partial charge in [0.15, 0.2) is 0 Å². The van der Waals surface area contributed by atoms with Gasteiger partial charge in [-0.3, -0.25) is 4.79 Å². The molecule has 1 N–H and O–H groups in total. The number of nitroso groups, excluding NO2 is 2. The van der Waals surface area contributed by atoms with Crippen molar-refractivity contribution in [2.45, 2.75) is 71.5 Å². The van der Waals surface area contributed by atoms with Crippen LogP contribution < -0.4 is 37.1 Å².